The molecule has 100 valence electrons. The number of benzene rings is 1. The lowest BCUT2D eigenvalue weighted by Crippen LogP contribution is -2.34. The van der Waals surface area contributed by atoms with E-state index in [-0.39, 0.29) is 5.91 Å². The van der Waals surface area contributed by atoms with Gasteiger partial charge in [-0.1, -0.05) is 25.7 Å². The van der Waals surface area contributed by atoms with Crippen LogP contribution in [0.25, 0.3) is 11.0 Å². The van der Waals surface area contributed by atoms with Gasteiger partial charge >= 0.3 is 0 Å². The zero-order valence-electron chi connectivity index (χ0n) is 11.0. The molecule has 1 fully saturated rings. The number of fused-ring (bicyclic) bond motifs is 1. The summed E-state index contributed by atoms with van der Waals surface area (Å²) in [6, 6.07) is 5.93. The molecule has 2 aromatic rings. The summed E-state index contributed by atoms with van der Waals surface area (Å²) in [5.74, 6) is 0.0309. The number of nitrogens with one attached hydrogen (secondary N) is 2. The van der Waals surface area contributed by atoms with Gasteiger partial charge in [-0.3, -0.25) is 4.79 Å². The van der Waals surface area contributed by atoms with Crippen molar-refractivity contribution in [2.45, 2.75) is 44.6 Å². The van der Waals surface area contributed by atoms with E-state index in [1.807, 2.05) is 18.2 Å². The summed E-state index contributed by atoms with van der Waals surface area (Å²) in [6.45, 7) is 0. The van der Waals surface area contributed by atoms with E-state index in [1.54, 1.807) is 6.33 Å². The van der Waals surface area contributed by atoms with Gasteiger partial charge in [0.1, 0.15) is 0 Å². The number of nitrogens with zero attached hydrogens (tertiary/aromatic N) is 1. The van der Waals surface area contributed by atoms with Gasteiger partial charge < -0.3 is 10.3 Å². The quantitative estimate of drug-likeness (QED) is 0.812. The maximum Gasteiger partial charge on any atom is 0.251 e. The van der Waals surface area contributed by atoms with Crippen LogP contribution in [0.3, 0.4) is 0 Å². The molecular formula is C15H19N3O. The van der Waals surface area contributed by atoms with Gasteiger partial charge in [0, 0.05) is 11.6 Å². The fraction of sp³-hybridized carbons (Fsp3) is 0.467. The molecule has 0 atom stereocenters. The minimum Gasteiger partial charge on any atom is -0.349 e. The molecule has 4 nitrogen and oxygen atoms in total. The average Bonchev–Trinajstić information content (AvgIpc) is 2.75. The molecule has 1 aliphatic rings. The van der Waals surface area contributed by atoms with Crippen molar-refractivity contribution in [3.05, 3.63) is 30.1 Å². The van der Waals surface area contributed by atoms with Gasteiger partial charge in [0.15, 0.2) is 0 Å². The lowest BCUT2D eigenvalue weighted by Gasteiger charge is -2.16. The zero-order chi connectivity index (χ0) is 13.1. The summed E-state index contributed by atoms with van der Waals surface area (Å²) in [7, 11) is 0. The Bertz CT molecular complexity index is 568. The van der Waals surface area contributed by atoms with Crippen molar-refractivity contribution in [2.24, 2.45) is 0 Å². The number of carbonyl (C=O) groups is 1. The second-order valence-corrected chi connectivity index (χ2v) is 5.30. The van der Waals surface area contributed by atoms with Crippen molar-refractivity contribution in [1.82, 2.24) is 15.3 Å². The van der Waals surface area contributed by atoms with E-state index < -0.39 is 0 Å². The zero-order valence-corrected chi connectivity index (χ0v) is 11.0. The second kappa shape index (κ2) is 5.43. The van der Waals surface area contributed by atoms with Gasteiger partial charge in [-0.15, -0.1) is 0 Å². The molecular weight excluding hydrogens is 238 g/mol. The Morgan fingerprint density at radius 1 is 1.21 bits per heavy atom. The molecule has 3 rings (SSSR count). The summed E-state index contributed by atoms with van der Waals surface area (Å²) in [5.41, 5.74) is 2.51. The smallest absolute Gasteiger partial charge is 0.251 e. The van der Waals surface area contributed by atoms with Crippen LogP contribution in [0.2, 0.25) is 0 Å². The Morgan fingerprint density at radius 3 is 2.79 bits per heavy atom. The van der Waals surface area contributed by atoms with Crippen molar-refractivity contribution < 1.29 is 4.79 Å². The van der Waals surface area contributed by atoms with Crippen molar-refractivity contribution >= 4 is 16.9 Å². The van der Waals surface area contributed by atoms with Crippen LogP contribution in [0.5, 0.6) is 0 Å². The maximum absolute atomic E-state index is 12.2. The largest absolute Gasteiger partial charge is 0.349 e. The Kier molecular flexibility index (Phi) is 3.49. The highest BCUT2D eigenvalue weighted by molar-refractivity contribution is 5.97. The Morgan fingerprint density at radius 2 is 2.00 bits per heavy atom. The third-order valence-electron chi connectivity index (χ3n) is 3.87. The van der Waals surface area contributed by atoms with E-state index in [0.717, 1.165) is 23.9 Å². The van der Waals surface area contributed by atoms with Crippen molar-refractivity contribution in [3.8, 4) is 0 Å². The topological polar surface area (TPSA) is 57.8 Å². The van der Waals surface area contributed by atoms with Crippen LogP contribution in [0, 0.1) is 0 Å². The molecule has 0 saturated heterocycles. The summed E-state index contributed by atoms with van der Waals surface area (Å²) in [6.07, 6.45) is 8.92. The normalized spacial score (nSPS) is 17.3. The minimum atomic E-state index is 0.0309. The molecule has 1 heterocycles. The highest BCUT2D eigenvalue weighted by Crippen LogP contribution is 2.18. The fourth-order valence-electron chi connectivity index (χ4n) is 2.77. The van der Waals surface area contributed by atoms with Gasteiger partial charge in [-0.05, 0) is 31.0 Å². The summed E-state index contributed by atoms with van der Waals surface area (Å²) in [4.78, 5) is 19.4. The molecule has 0 spiro atoms. The molecule has 0 radical (unpaired) electrons. The van der Waals surface area contributed by atoms with Crippen LogP contribution in [-0.4, -0.2) is 21.9 Å². The first-order valence-corrected chi connectivity index (χ1v) is 7.07. The Balaban J connectivity index is 1.71. The molecule has 0 bridgehead atoms. The van der Waals surface area contributed by atoms with E-state index in [2.05, 4.69) is 15.3 Å². The van der Waals surface area contributed by atoms with Crippen LogP contribution in [-0.2, 0) is 0 Å². The molecule has 19 heavy (non-hydrogen) atoms. The summed E-state index contributed by atoms with van der Waals surface area (Å²) in [5, 5.41) is 3.16. The van der Waals surface area contributed by atoms with Crippen LogP contribution >= 0.6 is 0 Å². The molecule has 2 N–H and O–H groups in total. The van der Waals surface area contributed by atoms with Crippen LogP contribution in [0.4, 0.5) is 0 Å². The van der Waals surface area contributed by atoms with E-state index in [1.165, 1.54) is 25.7 Å². The SMILES string of the molecule is O=C(NC1CCCCCC1)c1ccc2nc[nH]c2c1. The van der Waals surface area contributed by atoms with E-state index in [4.69, 9.17) is 0 Å². The summed E-state index contributed by atoms with van der Waals surface area (Å²) >= 11 is 0. The molecule has 1 aromatic carbocycles. The third-order valence-corrected chi connectivity index (χ3v) is 3.87. The predicted molar refractivity (Wildman–Crippen MR) is 75.0 cm³/mol. The van der Waals surface area contributed by atoms with Gasteiger partial charge in [0.25, 0.3) is 5.91 Å². The first kappa shape index (κ1) is 12.2. The van der Waals surface area contributed by atoms with E-state index in [9.17, 15) is 4.79 Å². The van der Waals surface area contributed by atoms with Crippen LogP contribution in [0.15, 0.2) is 24.5 Å². The predicted octanol–water partition coefficient (Wildman–Crippen LogP) is 3.02. The van der Waals surface area contributed by atoms with Gasteiger partial charge in [0.2, 0.25) is 0 Å². The lowest BCUT2D eigenvalue weighted by atomic mass is 10.1. The number of aromatic amines is 1. The molecule has 4 heteroatoms. The Labute approximate surface area is 112 Å². The number of carbonyl (C=O) groups excluding carboxylic acids is 1. The van der Waals surface area contributed by atoms with Crippen molar-refractivity contribution in [1.29, 1.82) is 0 Å². The second-order valence-electron chi connectivity index (χ2n) is 5.30. The standard InChI is InChI=1S/C15H19N3O/c19-15(18-12-5-3-1-2-4-6-12)11-7-8-13-14(9-11)17-10-16-13/h7-10,12H,1-6H2,(H,16,17)(H,18,19). The van der Waals surface area contributed by atoms with E-state index >= 15 is 0 Å². The average molecular weight is 257 g/mol. The molecule has 1 amide bonds. The van der Waals surface area contributed by atoms with E-state index in [0.29, 0.717) is 11.6 Å². The highest BCUT2D eigenvalue weighted by Gasteiger charge is 2.16. The summed E-state index contributed by atoms with van der Waals surface area (Å²) < 4.78 is 0. The monoisotopic (exact) mass is 257 g/mol. The number of hydrogen-bond acceptors (Lipinski definition) is 2. The number of imidazole rings is 1. The number of rotatable bonds is 2. The van der Waals surface area contributed by atoms with Gasteiger partial charge in [-0.2, -0.15) is 0 Å². The first-order valence-electron chi connectivity index (χ1n) is 7.07. The van der Waals surface area contributed by atoms with Crippen LogP contribution in [0.1, 0.15) is 48.9 Å². The molecule has 0 unspecified atom stereocenters. The maximum atomic E-state index is 12.2. The van der Waals surface area contributed by atoms with Gasteiger partial charge in [-0.25, -0.2) is 4.98 Å². The third kappa shape index (κ3) is 2.78. The molecule has 1 saturated carbocycles. The van der Waals surface area contributed by atoms with Gasteiger partial charge in [0.05, 0.1) is 17.4 Å². The number of amides is 1. The molecule has 0 aliphatic heterocycles. The minimum absolute atomic E-state index is 0.0309. The van der Waals surface area contributed by atoms with Crippen LogP contribution < -0.4 is 5.32 Å². The molecule has 1 aliphatic carbocycles. The first-order chi connectivity index (χ1) is 9.33. The number of H-pyrrole nitrogens is 1. The number of aromatic nitrogens is 2. The Hall–Kier alpha value is -1.84. The van der Waals surface area contributed by atoms with Crippen molar-refractivity contribution in [2.75, 3.05) is 0 Å². The fourth-order valence-corrected chi connectivity index (χ4v) is 2.77. The lowest BCUT2D eigenvalue weighted by molar-refractivity contribution is 0.0933. The number of hydrogen-bond donors (Lipinski definition) is 2. The molecule has 1 aromatic heterocycles. The van der Waals surface area contributed by atoms with Crippen molar-refractivity contribution in [3.63, 3.8) is 0 Å². The highest BCUT2D eigenvalue weighted by atomic mass is 16.1.